The van der Waals surface area contributed by atoms with Crippen LogP contribution in [0.1, 0.15) is 66.7 Å². The highest BCUT2D eigenvalue weighted by atomic mass is 32.2. The smallest absolute Gasteiger partial charge is 0.185 e. The van der Waals surface area contributed by atoms with E-state index in [4.69, 9.17) is 0 Å². The molecule has 0 bridgehead atoms. The normalized spacial score (nSPS) is 18.6. The van der Waals surface area contributed by atoms with E-state index in [-0.39, 0.29) is 28.5 Å². The van der Waals surface area contributed by atoms with Crippen LogP contribution in [-0.4, -0.2) is 22.4 Å². The fourth-order valence-corrected chi connectivity index (χ4v) is 3.80. The summed E-state index contributed by atoms with van der Waals surface area (Å²) in [6.45, 7) is 3.67. The van der Waals surface area contributed by atoms with Gasteiger partial charge in [-0.1, -0.05) is 55.8 Å². The Hall–Kier alpha value is -1.42. The van der Waals surface area contributed by atoms with Gasteiger partial charge in [-0.05, 0) is 18.8 Å². The summed E-state index contributed by atoms with van der Waals surface area (Å²) in [6.07, 6.45) is 4.43. The number of carbonyl (C=O) groups excluding carboxylic acids is 3. The standard InChI is InChI=1S/C19H24O3S/c1-13(8-4-3-7-11-23-14(2)20)17-12-18(21)15-9-5-6-10-16(15)19(17)22/h5-6,9-10,13,17H,3-4,7-8,11-12H2,1-2H3. The summed E-state index contributed by atoms with van der Waals surface area (Å²) in [4.78, 5) is 35.7. The van der Waals surface area contributed by atoms with E-state index >= 15 is 0 Å². The molecule has 3 nitrogen and oxygen atoms in total. The predicted molar refractivity (Wildman–Crippen MR) is 94.0 cm³/mol. The zero-order chi connectivity index (χ0) is 16.8. The van der Waals surface area contributed by atoms with Gasteiger partial charge in [0.25, 0.3) is 0 Å². The van der Waals surface area contributed by atoms with Crippen LogP contribution < -0.4 is 0 Å². The molecule has 1 aromatic rings. The Balaban J connectivity index is 1.84. The number of hydrogen-bond donors (Lipinski definition) is 0. The summed E-state index contributed by atoms with van der Waals surface area (Å²) in [6, 6.07) is 7.16. The van der Waals surface area contributed by atoms with E-state index in [0.717, 1.165) is 31.4 Å². The highest BCUT2D eigenvalue weighted by molar-refractivity contribution is 8.13. The van der Waals surface area contributed by atoms with Crippen molar-refractivity contribution in [3.8, 4) is 0 Å². The molecule has 0 saturated heterocycles. The number of hydrogen-bond acceptors (Lipinski definition) is 4. The molecule has 124 valence electrons. The van der Waals surface area contributed by atoms with Gasteiger partial charge in [0.05, 0.1) is 0 Å². The van der Waals surface area contributed by atoms with Crippen molar-refractivity contribution in [3.05, 3.63) is 35.4 Å². The van der Waals surface area contributed by atoms with Gasteiger partial charge in [0.1, 0.15) is 0 Å². The Bertz CT molecular complexity index is 594. The number of benzene rings is 1. The fraction of sp³-hybridized carbons (Fsp3) is 0.526. The third kappa shape index (κ3) is 4.77. The summed E-state index contributed by atoms with van der Waals surface area (Å²) in [7, 11) is 0. The number of Topliss-reactive ketones (excluding diaryl/α,β-unsaturated/α-hetero) is 2. The molecule has 0 heterocycles. The fourth-order valence-electron chi connectivity index (χ4n) is 3.17. The number of thioether (sulfide) groups is 1. The van der Waals surface area contributed by atoms with E-state index in [1.807, 2.05) is 12.1 Å². The average molecular weight is 332 g/mol. The van der Waals surface area contributed by atoms with Crippen molar-refractivity contribution in [2.45, 2.75) is 46.0 Å². The molecule has 0 N–H and O–H groups in total. The molecule has 2 atom stereocenters. The molecule has 4 heteroatoms. The van der Waals surface area contributed by atoms with Gasteiger partial charge in [0, 0.05) is 36.1 Å². The first-order valence-corrected chi connectivity index (χ1v) is 9.29. The van der Waals surface area contributed by atoms with Gasteiger partial charge in [0.15, 0.2) is 16.7 Å². The van der Waals surface area contributed by atoms with Crippen molar-refractivity contribution in [2.75, 3.05) is 5.75 Å². The number of fused-ring (bicyclic) bond motifs is 1. The SMILES string of the molecule is CC(=O)SCCCCCC(C)C1CC(=O)c2ccccc2C1=O. The molecule has 0 spiro atoms. The molecular formula is C19H24O3S. The van der Waals surface area contributed by atoms with Crippen molar-refractivity contribution in [1.29, 1.82) is 0 Å². The number of ketones is 2. The van der Waals surface area contributed by atoms with Crippen molar-refractivity contribution >= 4 is 28.4 Å². The van der Waals surface area contributed by atoms with Gasteiger partial charge < -0.3 is 0 Å². The monoisotopic (exact) mass is 332 g/mol. The van der Waals surface area contributed by atoms with Crippen LogP contribution in [0, 0.1) is 11.8 Å². The largest absolute Gasteiger partial charge is 0.294 e. The van der Waals surface area contributed by atoms with Crippen molar-refractivity contribution in [1.82, 2.24) is 0 Å². The van der Waals surface area contributed by atoms with E-state index in [0.29, 0.717) is 17.5 Å². The lowest BCUT2D eigenvalue weighted by Crippen LogP contribution is -2.31. The van der Waals surface area contributed by atoms with Gasteiger partial charge >= 0.3 is 0 Å². The lowest BCUT2D eigenvalue weighted by Gasteiger charge is -2.27. The van der Waals surface area contributed by atoms with Crippen LogP contribution in [0.4, 0.5) is 0 Å². The highest BCUT2D eigenvalue weighted by Gasteiger charge is 2.35. The zero-order valence-electron chi connectivity index (χ0n) is 13.8. The number of unbranched alkanes of at least 4 members (excludes halogenated alkanes) is 2. The maximum atomic E-state index is 12.6. The second-order valence-electron chi connectivity index (χ2n) is 6.31. The van der Waals surface area contributed by atoms with Crippen LogP contribution >= 0.6 is 11.8 Å². The molecule has 1 aromatic carbocycles. The van der Waals surface area contributed by atoms with Crippen LogP contribution in [0.3, 0.4) is 0 Å². The van der Waals surface area contributed by atoms with E-state index in [1.54, 1.807) is 19.1 Å². The topological polar surface area (TPSA) is 51.2 Å². The molecule has 0 saturated carbocycles. The third-order valence-corrected chi connectivity index (χ3v) is 5.43. The summed E-state index contributed by atoms with van der Waals surface area (Å²) in [5.41, 5.74) is 1.18. The van der Waals surface area contributed by atoms with Crippen LogP contribution in [0.5, 0.6) is 0 Å². The van der Waals surface area contributed by atoms with Crippen molar-refractivity contribution < 1.29 is 14.4 Å². The molecule has 0 fully saturated rings. The lowest BCUT2D eigenvalue weighted by molar-refractivity contribution is -0.109. The molecule has 1 aliphatic carbocycles. The van der Waals surface area contributed by atoms with E-state index in [9.17, 15) is 14.4 Å². The van der Waals surface area contributed by atoms with Gasteiger partial charge in [-0.2, -0.15) is 0 Å². The molecule has 0 amide bonds. The minimum atomic E-state index is -0.177. The van der Waals surface area contributed by atoms with Gasteiger partial charge in [0.2, 0.25) is 0 Å². The maximum absolute atomic E-state index is 12.6. The Morgan fingerprint density at radius 3 is 2.57 bits per heavy atom. The van der Waals surface area contributed by atoms with Gasteiger partial charge in [-0.15, -0.1) is 0 Å². The van der Waals surface area contributed by atoms with E-state index in [2.05, 4.69) is 6.92 Å². The quantitative estimate of drug-likeness (QED) is 0.687. The molecule has 2 unspecified atom stereocenters. The van der Waals surface area contributed by atoms with Crippen molar-refractivity contribution in [3.63, 3.8) is 0 Å². The molecular weight excluding hydrogens is 308 g/mol. The van der Waals surface area contributed by atoms with Crippen LogP contribution in [-0.2, 0) is 4.79 Å². The van der Waals surface area contributed by atoms with Crippen LogP contribution in [0.15, 0.2) is 24.3 Å². The Morgan fingerprint density at radius 2 is 1.87 bits per heavy atom. The average Bonchev–Trinajstić information content (AvgIpc) is 2.53. The molecule has 1 aliphatic rings. The van der Waals surface area contributed by atoms with E-state index < -0.39 is 0 Å². The van der Waals surface area contributed by atoms with Gasteiger partial charge in [-0.25, -0.2) is 0 Å². The first-order valence-electron chi connectivity index (χ1n) is 8.30. The van der Waals surface area contributed by atoms with Crippen molar-refractivity contribution in [2.24, 2.45) is 11.8 Å². The Morgan fingerprint density at radius 1 is 1.17 bits per heavy atom. The molecule has 23 heavy (non-hydrogen) atoms. The van der Waals surface area contributed by atoms with Gasteiger partial charge in [-0.3, -0.25) is 14.4 Å². The minimum Gasteiger partial charge on any atom is -0.294 e. The van der Waals surface area contributed by atoms with Crippen LogP contribution in [0.2, 0.25) is 0 Å². The summed E-state index contributed by atoms with van der Waals surface area (Å²) >= 11 is 1.37. The Kier molecular flexibility index (Phi) is 6.58. The number of rotatable bonds is 7. The minimum absolute atomic E-state index is 0.0925. The lowest BCUT2D eigenvalue weighted by atomic mass is 9.74. The summed E-state index contributed by atoms with van der Waals surface area (Å²) in [5, 5.41) is 0.170. The molecule has 2 rings (SSSR count). The summed E-state index contributed by atoms with van der Waals surface area (Å²) in [5.74, 6) is 1.14. The number of carbonyl (C=O) groups is 3. The van der Waals surface area contributed by atoms with E-state index in [1.165, 1.54) is 11.8 Å². The summed E-state index contributed by atoms with van der Waals surface area (Å²) < 4.78 is 0. The maximum Gasteiger partial charge on any atom is 0.185 e. The first kappa shape index (κ1) is 17.9. The second kappa shape index (κ2) is 8.44. The predicted octanol–water partition coefficient (Wildman–Crippen LogP) is 4.55. The highest BCUT2D eigenvalue weighted by Crippen LogP contribution is 2.32. The van der Waals surface area contributed by atoms with Crippen LogP contribution in [0.25, 0.3) is 0 Å². The second-order valence-corrected chi connectivity index (χ2v) is 7.58. The third-order valence-electron chi connectivity index (χ3n) is 4.53. The molecule has 0 radical (unpaired) electrons. The molecule has 0 aromatic heterocycles. The zero-order valence-corrected chi connectivity index (χ0v) is 14.7. The molecule has 0 aliphatic heterocycles. The first-order chi connectivity index (χ1) is 11.0. The Labute approximate surface area is 142 Å².